The molecule has 0 saturated heterocycles. The summed E-state index contributed by atoms with van der Waals surface area (Å²) in [6.45, 7) is -1.78. The van der Waals surface area contributed by atoms with E-state index in [4.69, 9.17) is 0 Å². The molecule has 2 aromatic heterocycles. The Kier molecular flexibility index (Phi) is 7.19. The molecule has 0 aliphatic carbocycles. The number of amides is 1. The lowest BCUT2D eigenvalue weighted by atomic mass is 10.1. The molecule has 0 spiro atoms. The Labute approximate surface area is 208 Å². The first kappa shape index (κ1) is 26.4. The number of nitro benzene ring substituents is 1. The molecule has 0 aliphatic rings. The number of alkyl halides is 6. The van der Waals surface area contributed by atoms with Gasteiger partial charge in [-0.05, 0) is 6.07 Å². The van der Waals surface area contributed by atoms with Crippen molar-refractivity contribution in [1.29, 1.82) is 0 Å². The molecule has 2 heterocycles. The van der Waals surface area contributed by atoms with Crippen molar-refractivity contribution >= 4 is 22.9 Å². The number of hydrogen-bond acceptors (Lipinski definition) is 6. The van der Waals surface area contributed by atoms with Gasteiger partial charge >= 0.3 is 12.3 Å². The highest BCUT2D eigenvalue weighted by Gasteiger charge is 2.41. The molecule has 38 heavy (non-hydrogen) atoms. The van der Waals surface area contributed by atoms with E-state index in [0.29, 0.717) is 11.6 Å². The topological polar surface area (TPSA) is 112 Å². The van der Waals surface area contributed by atoms with Crippen LogP contribution in [0.25, 0.3) is 16.9 Å². The Bertz CT molecular complexity index is 1500. The van der Waals surface area contributed by atoms with Gasteiger partial charge in [0.2, 0.25) is 0 Å². The van der Waals surface area contributed by atoms with Crippen molar-refractivity contribution in [2.75, 3.05) is 11.9 Å². The van der Waals surface area contributed by atoms with Crippen molar-refractivity contribution in [3.8, 4) is 17.0 Å². The first-order valence-corrected chi connectivity index (χ1v) is 10.6. The summed E-state index contributed by atoms with van der Waals surface area (Å²) in [4.78, 5) is 27.6. The summed E-state index contributed by atoms with van der Waals surface area (Å²) in [5, 5.41) is 17.3. The van der Waals surface area contributed by atoms with Gasteiger partial charge in [0.05, 0.1) is 28.6 Å². The molecule has 0 radical (unpaired) electrons. The number of hydrogen-bond donors (Lipinski definition) is 1. The third kappa shape index (κ3) is 5.50. The van der Waals surface area contributed by atoms with Gasteiger partial charge in [-0.1, -0.05) is 30.3 Å². The highest BCUT2D eigenvalue weighted by atomic mass is 19.3. The molecular weight excluding hydrogens is 524 g/mol. The molecule has 0 atom stereocenters. The fraction of sp³-hybridized carbons (Fsp3) is 0.174. The lowest BCUT2D eigenvalue weighted by Gasteiger charge is -2.16. The predicted octanol–water partition coefficient (Wildman–Crippen LogP) is 5.77. The molecule has 0 bridgehead atoms. The summed E-state index contributed by atoms with van der Waals surface area (Å²) in [5.41, 5.74) is -1.53. The molecule has 0 saturated carbocycles. The molecule has 0 unspecified atom stereocenters. The number of nitrogens with zero attached hydrogens (tertiary/aromatic N) is 4. The molecule has 2 aromatic carbocycles. The van der Waals surface area contributed by atoms with Gasteiger partial charge in [-0.15, -0.1) is 0 Å². The van der Waals surface area contributed by atoms with Crippen LogP contribution in [0.4, 0.5) is 37.7 Å². The third-order valence-electron chi connectivity index (χ3n) is 5.15. The van der Waals surface area contributed by atoms with Crippen LogP contribution in [0, 0.1) is 10.1 Å². The number of carbonyl (C=O) groups is 1. The van der Waals surface area contributed by atoms with Crippen LogP contribution in [0.3, 0.4) is 0 Å². The number of nitrogens with one attached hydrogen (secondary N) is 1. The van der Waals surface area contributed by atoms with Crippen LogP contribution in [-0.2, 0) is 0 Å². The monoisotopic (exact) mass is 539 g/mol. The number of non-ortho nitro benzene ring substituents is 1. The molecular formula is C23H15F6N5O4. The minimum atomic E-state index is -4.53. The fourth-order valence-electron chi connectivity index (χ4n) is 3.34. The maximum atomic E-state index is 13.8. The van der Waals surface area contributed by atoms with E-state index < -0.39 is 53.3 Å². The van der Waals surface area contributed by atoms with Gasteiger partial charge in [0.15, 0.2) is 12.3 Å². The molecule has 1 amide bonds. The van der Waals surface area contributed by atoms with Gasteiger partial charge in [0.1, 0.15) is 17.0 Å². The first-order chi connectivity index (χ1) is 18.0. The molecule has 9 nitrogen and oxygen atoms in total. The van der Waals surface area contributed by atoms with Crippen LogP contribution in [0.5, 0.6) is 5.75 Å². The average Bonchev–Trinajstić information content (AvgIpc) is 3.31. The fourth-order valence-corrected chi connectivity index (χ4v) is 3.34. The van der Waals surface area contributed by atoms with Crippen LogP contribution in [0.2, 0.25) is 0 Å². The van der Waals surface area contributed by atoms with Crippen LogP contribution in [0.15, 0.2) is 60.8 Å². The normalized spacial score (nSPS) is 11.8. The zero-order valence-electron chi connectivity index (χ0n) is 18.8. The van der Waals surface area contributed by atoms with Crippen molar-refractivity contribution in [1.82, 2.24) is 14.6 Å². The molecule has 0 aliphatic heterocycles. The van der Waals surface area contributed by atoms with Crippen molar-refractivity contribution in [2.24, 2.45) is 0 Å². The van der Waals surface area contributed by atoms with Crippen LogP contribution in [0.1, 0.15) is 22.5 Å². The van der Waals surface area contributed by atoms with Crippen molar-refractivity contribution < 1.29 is 40.8 Å². The number of aromatic nitrogens is 3. The summed E-state index contributed by atoms with van der Waals surface area (Å²) in [6.07, 6.45) is -6.07. The highest BCUT2D eigenvalue weighted by Crippen LogP contribution is 2.31. The summed E-state index contributed by atoms with van der Waals surface area (Å²) in [5.74, 6) is -6.11. The van der Waals surface area contributed by atoms with Crippen LogP contribution >= 0.6 is 0 Å². The Hall–Kier alpha value is -4.69. The SMILES string of the molecule is O=C(Nc1cc(OCC(F)(F)C(F)F)cc([N+](=O)[O-])c1)c1cnn2c(C(F)F)cc(-c3ccccc3)nc12. The minimum Gasteiger partial charge on any atom is -0.487 e. The highest BCUT2D eigenvalue weighted by molar-refractivity contribution is 6.08. The van der Waals surface area contributed by atoms with E-state index in [1.165, 1.54) is 0 Å². The minimum absolute atomic E-state index is 0.119. The number of fused-ring (bicyclic) bond motifs is 1. The second-order valence-electron chi connectivity index (χ2n) is 7.80. The molecule has 0 fully saturated rings. The molecule has 15 heteroatoms. The summed E-state index contributed by atoms with van der Waals surface area (Å²) < 4.78 is 84.2. The van der Waals surface area contributed by atoms with Gasteiger partial charge in [-0.25, -0.2) is 27.1 Å². The van der Waals surface area contributed by atoms with E-state index >= 15 is 0 Å². The molecule has 198 valence electrons. The van der Waals surface area contributed by atoms with E-state index in [1.54, 1.807) is 30.3 Å². The van der Waals surface area contributed by atoms with Crippen LogP contribution in [-0.4, -0.2) is 44.4 Å². The Morgan fingerprint density at radius 2 is 1.82 bits per heavy atom. The van der Waals surface area contributed by atoms with Gasteiger partial charge in [0.25, 0.3) is 18.0 Å². The zero-order chi connectivity index (χ0) is 27.6. The summed E-state index contributed by atoms with van der Waals surface area (Å²) >= 11 is 0. The smallest absolute Gasteiger partial charge is 0.340 e. The van der Waals surface area contributed by atoms with Crippen molar-refractivity contribution in [2.45, 2.75) is 18.8 Å². The maximum Gasteiger partial charge on any atom is 0.340 e. The van der Waals surface area contributed by atoms with Gasteiger partial charge in [0, 0.05) is 17.7 Å². The van der Waals surface area contributed by atoms with E-state index in [1.807, 2.05) is 0 Å². The Balaban J connectivity index is 1.69. The maximum absolute atomic E-state index is 13.8. The van der Waals surface area contributed by atoms with Crippen molar-refractivity contribution in [3.63, 3.8) is 0 Å². The summed E-state index contributed by atoms with van der Waals surface area (Å²) in [6, 6.07) is 11.8. The van der Waals surface area contributed by atoms with Crippen molar-refractivity contribution in [3.05, 3.63) is 82.2 Å². The second kappa shape index (κ2) is 10.4. The number of anilines is 1. The third-order valence-corrected chi connectivity index (χ3v) is 5.15. The Morgan fingerprint density at radius 3 is 2.45 bits per heavy atom. The van der Waals surface area contributed by atoms with E-state index in [2.05, 4.69) is 20.1 Å². The largest absolute Gasteiger partial charge is 0.487 e. The van der Waals surface area contributed by atoms with Crippen LogP contribution < -0.4 is 10.1 Å². The molecule has 1 N–H and O–H groups in total. The number of nitro groups is 1. The molecule has 4 aromatic rings. The second-order valence-corrected chi connectivity index (χ2v) is 7.80. The van der Waals surface area contributed by atoms with Gasteiger partial charge in [-0.2, -0.15) is 13.9 Å². The van der Waals surface area contributed by atoms with E-state index in [9.17, 15) is 41.3 Å². The predicted molar refractivity (Wildman–Crippen MR) is 121 cm³/mol. The quantitative estimate of drug-likeness (QED) is 0.164. The number of halogens is 6. The number of carbonyl (C=O) groups excluding carboxylic acids is 1. The average molecular weight is 539 g/mol. The standard InChI is InChI=1S/C23H15F6N5O4/c24-19(25)18-9-17(12-4-2-1-3-5-12)32-20-16(10-30-33(18)20)21(35)31-13-6-14(34(36)37)8-15(7-13)38-11-23(28,29)22(26)27/h1-10,19,22H,11H2,(H,31,35). The number of benzene rings is 2. The van der Waals surface area contributed by atoms with Gasteiger partial charge < -0.3 is 10.1 Å². The lowest BCUT2D eigenvalue weighted by Crippen LogP contribution is -2.33. The Morgan fingerprint density at radius 1 is 1.11 bits per heavy atom. The zero-order valence-corrected chi connectivity index (χ0v) is 18.8. The lowest BCUT2D eigenvalue weighted by molar-refractivity contribution is -0.384. The number of rotatable bonds is 9. The summed E-state index contributed by atoms with van der Waals surface area (Å²) in [7, 11) is 0. The first-order valence-electron chi connectivity index (χ1n) is 10.6. The van der Waals surface area contributed by atoms with Gasteiger partial charge in [-0.3, -0.25) is 14.9 Å². The van der Waals surface area contributed by atoms with E-state index in [0.717, 1.165) is 28.9 Å². The van der Waals surface area contributed by atoms with E-state index in [-0.39, 0.29) is 22.6 Å². The number of ether oxygens (including phenoxy) is 1. The molecule has 4 rings (SSSR count).